The number of aromatic nitrogens is 1. The SMILES string of the molecule is CCCCC1=NC2(CCCC2)C(=O)N1CC1CCN(c2ccccc2SNc2noc(C)c2C)CC1. The number of amides is 1. The molecule has 1 saturated heterocycles. The number of para-hydroxylation sites is 1. The molecule has 1 saturated carbocycles. The number of carbonyl (C=O) groups is 1. The molecule has 5 rings (SSSR count). The van der Waals surface area contributed by atoms with Gasteiger partial charge >= 0.3 is 0 Å². The van der Waals surface area contributed by atoms with Crippen LogP contribution in [0.2, 0.25) is 0 Å². The third-order valence-electron chi connectivity index (χ3n) is 8.16. The van der Waals surface area contributed by atoms with E-state index in [1.165, 1.54) is 10.6 Å². The second-order valence-electron chi connectivity index (χ2n) is 10.6. The number of nitrogens with zero attached hydrogens (tertiary/aromatic N) is 4. The number of hydrogen-bond donors (Lipinski definition) is 1. The number of nitrogens with one attached hydrogen (secondary N) is 1. The molecule has 2 fully saturated rings. The van der Waals surface area contributed by atoms with Crippen LogP contribution in [0.1, 0.15) is 76.0 Å². The van der Waals surface area contributed by atoms with Crippen LogP contribution in [0, 0.1) is 19.8 Å². The molecule has 0 unspecified atom stereocenters. The Morgan fingerprint density at radius 1 is 1.17 bits per heavy atom. The average molecular weight is 510 g/mol. The van der Waals surface area contributed by atoms with Crippen LogP contribution < -0.4 is 9.62 Å². The maximum Gasteiger partial charge on any atom is 0.255 e. The van der Waals surface area contributed by atoms with Gasteiger partial charge in [0, 0.05) is 31.6 Å². The third-order valence-corrected chi connectivity index (χ3v) is 9.02. The zero-order valence-corrected chi connectivity index (χ0v) is 22.7. The number of carbonyl (C=O) groups excluding carboxylic acids is 1. The summed E-state index contributed by atoms with van der Waals surface area (Å²) in [5.41, 5.74) is 1.87. The quantitative estimate of drug-likeness (QED) is 0.396. The van der Waals surface area contributed by atoms with Crippen molar-refractivity contribution in [2.24, 2.45) is 10.9 Å². The van der Waals surface area contributed by atoms with Crippen molar-refractivity contribution in [3.63, 3.8) is 0 Å². The van der Waals surface area contributed by atoms with E-state index in [-0.39, 0.29) is 0 Å². The van der Waals surface area contributed by atoms with Gasteiger partial charge < -0.3 is 14.1 Å². The predicted octanol–water partition coefficient (Wildman–Crippen LogP) is 6.37. The van der Waals surface area contributed by atoms with E-state index in [4.69, 9.17) is 9.52 Å². The van der Waals surface area contributed by atoms with Crippen LogP contribution >= 0.6 is 11.9 Å². The summed E-state index contributed by atoms with van der Waals surface area (Å²) in [6, 6.07) is 8.55. The van der Waals surface area contributed by atoms with Gasteiger partial charge in [-0.1, -0.05) is 43.5 Å². The lowest BCUT2D eigenvalue weighted by Gasteiger charge is -2.36. The summed E-state index contributed by atoms with van der Waals surface area (Å²) in [7, 11) is 0. The fourth-order valence-electron chi connectivity index (χ4n) is 5.76. The Bertz CT molecular complexity index is 1100. The average Bonchev–Trinajstić information content (AvgIpc) is 3.58. The minimum atomic E-state index is -0.423. The van der Waals surface area contributed by atoms with Gasteiger partial charge in [-0.15, -0.1) is 0 Å². The molecule has 7 nitrogen and oxygen atoms in total. The van der Waals surface area contributed by atoms with Crippen molar-refractivity contribution in [1.29, 1.82) is 0 Å². The topological polar surface area (TPSA) is 74.0 Å². The molecule has 2 aromatic rings. The number of piperidine rings is 1. The van der Waals surface area contributed by atoms with Crippen LogP contribution in [0.25, 0.3) is 0 Å². The lowest BCUT2D eigenvalue weighted by Crippen LogP contribution is -2.45. The third kappa shape index (κ3) is 5.01. The number of benzene rings is 1. The molecule has 8 heteroatoms. The summed E-state index contributed by atoms with van der Waals surface area (Å²) in [6.07, 6.45) is 9.48. The second kappa shape index (κ2) is 10.9. The van der Waals surface area contributed by atoms with E-state index < -0.39 is 5.54 Å². The number of amidine groups is 1. The highest BCUT2D eigenvalue weighted by atomic mass is 32.2. The monoisotopic (exact) mass is 509 g/mol. The molecule has 2 aliphatic heterocycles. The van der Waals surface area contributed by atoms with Crippen LogP contribution in [0.4, 0.5) is 11.5 Å². The summed E-state index contributed by atoms with van der Waals surface area (Å²) < 4.78 is 8.66. The summed E-state index contributed by atoms with van der Waals surface area (Å²) in [5.74, 6) is 3.50. The Balaban J connectivity index is 1.20. The molecular weight excluding hydrogens is 470 g/mol. The Morgan fingerprint density at radius 2 is 1.92 bits per heavy atom. The van der Waals surface area contributed by atoms with Gasteiger partial charge in [0.25, 0.3) is 5.91 Å². The zero-order valence-electron chi connectivity index (χ0n) is 21.9. The van der Waals surface area contributed by atoms with Crippen LogP contribution in [0.3, 0.4) is 0 Å². The van der Waals surface area contributed by atoms with Crippen molar-refractivity contribution >= 4 is 35.2 Å². The van der Waals surface area contributed by atoms with Gasteiger partial charge in [-0.2, -0.15) is 0 Å². The van der Waals surface area contributed by atoms with Gasteiger partial charge in [0.05, 0.1) is 10.6 Å². The first kappa shape index (κ1) is 25.2. The Morgan fingerprint density at radius 3 is 2.61 bits per heavy atom. The molecule has 1 spiro atoms. The molecule has 1 aromatic heterocycles. The minimum Gasteiger partial charge on any atom is -0.371 e. The van der Waals surface area contributed by atoms with E-state index in [2.05, 4.69) is 50.9 Å². The van der Waals surface area contributed by atoms with Gasteiger partial charge in [0.2, 0.25) is 0 Å². The van der Waals surface area contributed by atoms with E-state index in [1.807, 2.05) is 13.8 Å². The highest BCUT2D eigenvalue weighted by Crippen LogP contribution is 2.40. The maximum atomic E-state index is 13.5. The summed E-state index contributed by atoms with van der Waals surface area (Å²) in [6.45, 7) is 8.99. The highest BCUT2D eigenvalue weighted by molar-refractivity contribution is 8.00. The van der Waals surface area contributed by atoms with Crippen molar-refractivity contribution < 1.29 is 9.32 Å². The first-order chi connectivity index (χ1) is 17.5. The fourth-order valence-corrected chi connectivity index (χ4v) is 6.60. The largest absolute Gasteiger partial charge is 0.371 e. The van der Waals surface area contributed by atoms with Crippen molar-refractivity contribution in [3.05, 3.63) is 35.6 Å². The Kier molecular flexibility index (Phi) is 7.60. The van der Waals surface area contributed by atoms with Crippen LogP contribution in [0.15, 0.2) is 38.7 Å². The standard InChI is InChI=1S/C28H39N5O2S/c1-4-5-12-25-29-28(15-8-9-16-28)27(34)33(25)19-22-13-17-32(18-14-22)23-10-6-7-11-24(23)36-31-26-20(2)21(3)35-30-26/h6-7,10-11,22H,4-5,8-9,12-19H2,1-3H3,(H,30,31). The second-order valence-corrected chi connectivity index (χ2v) is 11.4. The van der Waals surface area contributed by atoms with Gasteiger partial charge in [-0.05, 0) is 76.0 Å². The molecule has 0 bridgehead atoms. The highest BCUT2D eigenvalue weighted by Gasteiger charge is 2.49. The van der Waals surface area contributed by atoms with E-state index in [9.17, 15) is 4.79 Å². The molecule has 1 aliphatic carbocycles. The Hall–Kier alpha value is -2.48. The van der Waals surface area contributed by atoms with Crippen LogP contribution in [-0.2, 0) is 4.79 Å². The van der Waals surface area contributed by atoms with E-state index in [0.717, 1.165) is 100 Å². The Labute approximate surface area is 219 Å². The maximum absolute atomic E-state index is 13.5. The first-order valence-electron chi connectivity index (χ1n) is 13.6. The molecule has 36 heavy (non-hydrogen) atoms. The van der Waals surface area contributed by atoms with Gasteiger partial charge in [-0.25, -0.2) is 0 Å². The van der Waals surface area contributed by atoms with Crippen molar-refractivity contribution in [3.8, 4) is 0 Å². The van der Waals surface area contributed by atoms with Gasteiger partial charge in [-0.3, -0.25) is 14.7 Å². The number of rotatable bonds is 9. The van der Waals surface area contributed by atoms with Crippen molar-refractivity contribution in [1.82, 2.24) is 10.1 Å². The van der Waals surface area contributed by atoms with Crippen LogP contribution in [-0.4, -0.2) is 47.0 Å². The minimum absolute atomic E-state index is 0.291. The molecule has 3 aliphatic rings. The van der Waals surface area contributed by atoms with E-state index in [1.54, 1.807) is 11.9 Å². The number of anilines is 2. The molecule has 194 valence electrons. The molecule has 0 radical (unpaired) electrons. The molecule has 3 heterocycles. The van der Waals surface area contributed by atoms with Gasteiger partial charge in [0.15, 0.2) is 5.82 Å². The normalized spacial score (nSPS) is 20.0. The smallest absolute Gasteiger partial charge is 0.255 e. The molecule has 1 N–H and O–H groups in total. The van der Waals surface area contributed by atoms with Gasteiger partial charge in [0.1, 0.15) is 17.1 Å². The molecular formula is C28H39N5O2S. The molecule has 1 aromatic carbocycles. The molecule has 0 atom stereocenters. The molecule has 1 amide bonds. The number of aliphatic imine (C=N–C) groups is 1. The first-order valence-corrected chi connectivity index (χ1v) is 14.4. The van der Waals surface area contributed by atoms with E-state index >= 15 is 0 Å². The number of unbranched alkanes of at least 4 members (excludes halogenated alkanes) is 1. The zero-order chi connectivity index (χ0) is 25.1. The van der Waals surface area contributed by atoms with Crippen molar-refractivity contribution in [2.45, 2.75) is 89.0 Å². The van der Waals surface area contributed by atoms with Crippen molar-refractivity contribution in [2.75, 3.05) is 29.3 Å². The summed E-state index contributed by atoms with van der Waals surface area (Å²) in [4.78, 5) is 24.3. The predicted molar refractivity (Wildman–Crippen MR) is 147 cm³/mol. The van der Waals surface area contributed by atoms with Crippen LogP contribution in [0.5, 0.6) is 0 Å². The number of hydrogen-bond acceptors (Lipinski definition) is 7. The summed E-state index contributed by atoms with van der Waals surface area (Å²) >= 11 is 1.58. The van der Waals surface area contributed by atoms with E-state index in [0.29, 0.717) is 11.8 Å². The summed E-state index contributed by atoms with van der Waals surface area (Å²) in [5, 5.41) is 4.13. The fraction of sp³-hybridized carbons (Fsp3) is 0.607. The lowest BCUT2D eigenvalue weighted by molar-refractivity contribution is -0.131. The lowest BCUT2D eigenvalue weighted by atomic mass is 9.94. The number of aryl methyl sites for hydroxylation is 1.